The highest BCUT2D eigenvalue weighted by atomic mass is 19.4. The molecule has 1 atom stereocenters. The van der Waals surface area contributed by atoms with Gasteiger partial charge >= 0.3 is 12.3 Å². The van der Waals surface area contributed by atoms with Crippen LogP contribution in [0.4, 0.5) is 28.4 Å². The number of carbonyl (C=O) groups is 2. The van der Waals surface area contributed by atoms with Crippen LogP contribution in [0.3, 0.4) is 0 Å². The number of alkyl halides is 3. The second kappa shape index (κ2) is 7.91. The summed E-state index contributed by atoms with van der Waals surface area (Å²) in [4.78, 5) is 38.8. The number of anilines is 1. The van der Waals surface area contributed by atoms with Crippen molar-refractivity contribution in [2.75, 3.05) is 18.1 Å². The zero-order valence-electron chi connectivity index (χ0n) is 16.1. The van der Waals surface area contributed by atoms with E-state index >= 15 is 0 Å². The highest BCUT2D eigenvalue weighted by Gasteiger charge is 2.34. The average Bonchev–Trinajstić information content (AvgIpc) is 3.12. The smallest absolute Gasteiger partial charge is 0.417 e. The van der Waals surface area contributed by atoms with Crippen LogP contribution in [0.1, 0.15) is 5.56 Å². The molecular weight excluding hydrogens is 433 g/mol. The topological polar surface area (TPSA) is 112 Å². The lowest BCUT2D eigenvalue weighted by molar-refractivity contribution is -0.284. The van der Waals surface area contributed by atoms with Gasteiger partial charge in [0, 0.05) is 22.3 Å². The molecule has 0 radical (unpaired) electrons. The molecule has 4 rings (SSSR count). The molecule has 166 valence electrons. The van der Waals surface area contributed by atoms with E-state index in [-0.39, 0.29) is 23.2 Å². The van der Waals surface area contributed by atoms with Gasteiger partial charge in [-0.05, 0) is 29.7 Å². The van der Waals surface area contributed by atoms with Crippen molar-refractivity contribution in [1.82, 2.24) is 4.98 Å². The summed E-state index contributed by atoms with van der Waals surface area (Å²) < 4.78 is 49.4. The third-order valence-electron chi connectivity index (χ3n) is 4.93. The van der Waals surface area contributed by atoms with Gasteiger partial charge in [0.05, 0.1) is 18.7 Å². The number of nitrogens with zero attached hydrogens (tertiary/aromatic N) is 1. The van der Waals surface area contributed by atoms with Crippen molar-refractivity contribution in [2.24, 2.45) is 0 Å². The van der Waals surface area contributed by atoms with Gasteiger partial charge in [0.25, 0.3) is 11.7 Å². The number of rotatable bonds is 4. The van der Waals surface area contributed by atoms with Crippen LogP contribution in [-0.2, 0) is 15.7 Å². The maximum atomic E-state index is 13.4. The van der Waals surface area contributed by atoms with Crippen molar-refractivity contribution in [3.05, 3.63) is 64.4 Å². The van der Waals surface area contributed by atoms with Crippen LogP contribution in [0, 0.1) is 0 Å². The summed E-state index contributed by atoms with van der Waals surface area (Å²) in [6, 6.07) is 10.7. The summed E-state index contributed by atoms with van der Waals surface area (Å²) in [5.74, 6) is 0. The maximum Gasteiger partial charge on any atom is 0.417 e. The SMILES string of the molecule is O=C([O-])OC[C@@H]1CN(c2ccc3cc(-c4ccccc4C(F)(F)F)[nH]c(=O)c3c2)C(=O)O1. The van der Waals surface area contributed by atoms with E-state index in [0.717, 1.165) is 6.07 Å². The highest BCUT2D eigenvalue weighted by molar-refractivity contribution is 5.94. The number of ether oxygens (including phenoxy) is 2. The Morgan fingerprint density at radius 1 is 1.19 bits per heavy atom. The van der Waals surface area contributed by atoms with Gasteiger partial charge in [-0.15, -0.1) is 0 Å². The first-order valence-corrected chi connectivity index (χ1v) is 9.29. The predicted molar refractivity (Wildman–Crippen MR) is 104 cm³/mol. The Morgan fingerprint density at radius 2 is 1.94 bits per heavy atom. The predicted octanol–water partition coefficient (Wildman–Crippen LogP) is 2.90. The van der Waals surface area contributed by atoms with E-state index in [0.29, 0.717) is 11.1 Å². The Hall–Kier alpha value is -4.02. The minimum absolute atomic E-state index is 0.00301. The molecule has 0 spiro atoms. The van der Waals surface area contributed by atoms with Crippen molar-refractivity contribution in [1.29, 1.82) is 0 Å². The number of hydrogen-bond acceptors (Lipinski definition) is 6. The average molecular weight is 447 g/mol. The number of H-pyrrole nitrogens is 1. The van der Waals surface area contributed by atoms with Gasteiger partial charge in [-0.25, -0.2) is 4.79 Å². The Kier molecular flexibility index (Phi) is 5.25. The van der Waals surface area contributed by atoms with Crippen molar-refractivity contribution in [3.63, 3.8) is 0 Å². The highest BCUT2D eigenvalue weighted by Crippen LogP contribution is 2.36. The van der Waals surface area contributed by atoms with Crippen LogP contribution in [0.25, 0.3) is 22.0 Å². The van der Waals surface area contributed by atoms with E-state index in [4.69, 9.17) is 4.74 Å². The van der Waals surface area contributed by atoms with E-state index in [9.17, 15) is 32.7 Å². The normalized spacial score (nSPS) is 16.3. The zero-order chi connectivity index (χ0) is 23.0. The summed E-state index contributed by atoms with van der Waals surface area (Å²) in [5.41, 5.74) is -1.38. The summed E-state index contributed by atoms with van der Waals surface area (Å²) in [7, 11) is 0. The molecule has 1 aromatic heterocycles. The Morgan fingerprint density at radius 3 is 2.66 bits per heavy atom. The fourth-order valence-corrected chi connectivity index (χ4v) is 3.51. The third-order valence-corrected chi connectivity index (χ3v) is 4.93. The Bertz CT molecular complexity index is 1270. The first-order chi connectivity index (χ1) is 15.1. The molecule has 1 saturated heterocycles. The molecule has 8 nitrogen and oxygen atoms in total. The minimum atomic E-state index is -4.60. The number of fused-ring (bicyclic) bond motifs is 1. The molecule has 0 aliphatic carbocycles. The van der Waals surface area contributed by atoms with E-state index < -0.39 is 42.3 Å². The van der Waals surface area contributed by atoms with Crippen LogP contribution < -0.4 is 15.6 Å². The monoisotopic (exact) mass is 447 g/mol. The number of halogens is 3. The van der Waals surface area contributed by atoms with Crippen molar-refractivity contribution in [2.45, 2.75) is 12.3 Å². The van der Waals surface area contributed by atoms with Gasteiger partial charge in [-0.1, -0.05) is 24.3 Å². The molecule has 2 heterocycles. The quantitative estimate of drug-likeness (QED) is 0.616. The van der Waals surface area contributed by atoms with E-state index in [2.05, 4.69) is 9.72 Å². The van der Waals surface area contributed by atoms with Crippen molar-refractivity contribution >= 4 is 28.7 Å². The fourth-order valence-electron chi connectivity index (χ4n) is 3.51. The molecule has 2 aromatic carbocycles. The van der Waals surface area contributed by atoms with Crippen LogP contribution in [0.15, 0.2) is 53.3 Å². The second-order valence-electron chi connectivity index (χ2n) is 7.00. The molecule has 32 heavy (non-hydrogen) atoms. The van der Waals surface area contributed by atoms with Gasteiger partial charge in [0.2, 0.25) is 0 Å². The maximum absolute atomic E-state index is 13.4. The molecule has 0 bridgehead atoms. The van der Waals surface area contributed by atoms with Gasteiger partial charge in [0.15, 0.2) is 0 Å². The molecule has 1 aliphatic rings. The van der Waals surface area contributed by atoms with Crippen molar-refractivity contribution < 1.29 is 37.3 Å². The Labute approximate surface area is 177 Å². The molecule has 0 saturated carbocycles. The molecule has 1 amide bonds. The first kappa shape index (κ1) is 21.2. The molecule has 3 aromatic rings. The lowest BCUT2D eigenvalue weighted by Crippen LogP contribution is -2.30. The number of benzene rings is 2. The number of amides is 1. The van der Waals surface area contributed by atoms with Crippen LogP contribution >= 0.6 is 0 Å². The summed E-state index contributed by atoms with van der Waals surface area (Å²) >= 11 is 0. The largest absolute Gasteiger partial charge is 0.546 e. The summed E-state index contributed by atoms with van der Waals surface area (Å²) in [6.45, 7) is -0.423. The summed E-state index contributed by atoms with van der Waals surface area (Å²) in [6.07, 6.45) is -7.96. The number of carbonyl (C=O) groups excluding carboxylic acids is 2. The van der Waals surface area contributed by atoms with Crippen molar-refractivity contribution in [3.8, 4) is 11.3 Å². The molecular formula is C21H14F3N2O6-. The number of aromatic amines is 1. The van der Waals surface area contributed by atoms with E-state index in [1.54, 1.807) is 0 Å². The van der Waals surface area contributed by atoms with Gasteiger partial charge in [-0.3, -0.25) is 9.69 Å². The number of carboxylic acid groups (broad SMARTS) is 1. The number of hydrogen-bond donors (Lipinski definition) is 1. The van der Waals surface area contributed by atoms with Crippen LogP contribution in [0.5, 0.6) is 0 Å². The number of cyclic esters (lactones) is 1. The molecule has 11 heteroatoms. The third kappa shape index (κ3) is 4.09. The number of pyridine rings is 1. The number of aromatic nitrogens is 1. The zero-order valence-corrected chi connectivity index (χ0v) is 16.1. The molecule has 0 unspecified atom stereocenters. The molecule has 1 N–H and O–H groups in total. The van der Waals surface area contributed by atoms with Crippen LogP contribution in [0.2, 0.25) is 0 Å². The lowest BCUT2D eigenvalue weighted by Gasteiger charge is -2.15. The van der Waals surface area contributed by atoms with Gasteiger partial charge < -0.3 is 24.4 Å². The standard InChI is InChI=1S/C21H15F3N2O6/c22-21(23,24)16-4-2-1-3-14(16)17-7-11-5-6-12(8-15(11)18(27)25-17)26-9-13(32-19(26)28)10-31-20(29)30/h1-8,13H,9-10H2,(H,25,27)(H,29,30)/p-1/t13-/m0/s1. The summed E-state index contributed by atoms with van der Waals surface area (Å²) in [5, 5.41) is 10.9. The molecule has 1 aliphatic heterocycles. The molecule has 1 fully saturated rings. The van der Waals surface area contributed by atoms with Gasteiger partial charge in [0.1, 0.15) is 6.10 Å². The fraction of sp³-hybridized carbons (Fsp3) is 0.190. The second-order valence-corrected chi connectivity index (χ2v) is 7.00. The number of nitrogens with one attached hydrogen (secondary N) is 1. The first-order valence-electron chi connectivity index (χ1n) is 9.29. The van der Waals surface area contributed by atoms with Crippen LogP contribution in [-0.4, -0.2) is 36.5 Å². The van der Waals surface area contributed by atoms with E-state index in [1.807, 2.05) is 0 Å². The van der Waals surface area contributed by atoms with Gasteiger partial charge in [-0.2, -0.15) is 13.2 Å². The Balaban J connectivity index is 1.68. The minimum Gasteiger partial charge on any atom is -0.546 e. The lowest BCUT2D eigenvalue weighted by atomic mass is 10.0. The van der Waals surface area contributed by atoms with E-state index in [1.165, 1.54) is 47.4 Å².